The molecule has 0 spiro atoms. The fourth-order valence-corrected chi connectivity index (χ4v) is 4.33. The minimum Gasteiger partial charge on any atom is -0.398 e. The maximum Gasteiger partial charge on any atom is 0.245 e. The Morgan fingerprint density at radius 3 is 2.78 bits per heavy atom. The Bertz CT molecular complexity index is 545. The monoisotopic (exact) mass is 332 g/mol. The fourth-order valence-electron chi connectivity index (χ4n) is 2.26. The third-order valence-electron chi connectivity index (χ3n) is 3.21. The van der Waals surface area contributed by atoms with Crippen molar-refractivity contribution in [2.24, 2.45) is 5.92 Å². The van der Waals surface area contributed by atoms with Gasteiger partial charge < -0.3 is 5.73 Å². The average Bonchev–Trinajstić information content (AvgIpc) is 2.28. The van der Waals surface area contributed by atoms with Crippen LogP contribution in [0.1, 0.15) is 19.8 Å². The first kappa shape index (κ1) is 13.8. The van der Waals surface area contributed by atoms with E-state index in [-0.39, 0.29) is 4.90 Å². The molecule has 0 bridgehead atoms. The molecule has 1 aromatic carbocycles. The first-order chi connectivity index (χ1) is 8.41. The number of rotatable bonds is 2. The fraction of sp³-hybridized carbons (Fsp3) is 0.500. The number of hydrogen-bond acceptors (Lipinski definition) is 3. The summed E-state index contributed by atoms with van der Waals surface area (Å²) >= 11 is 3.28. The van der Waals surface area contributed by atoms with Crippen molar-refractivity contribution in [1.29, 1.82) is 0 Å². The number of halogens is 1. The second-order valence-corrected chi connectivity index (χ2v) is 7.61. The number of nitrogens with zero attached hydrogens (tertiary/aromatic N) is 1. The molecule has 0 amide bonds. The van der Waals surface area contributed by atoms with Gasteiger partial charge >= 0.3 is 0 Å². The lowest BCUT2D eigenvalue weighted by molar-refractivity contribution is 0.281. The van der Waals surface area contributed by atoms with E-state index in [4.69, 9.17) is 5.73 Å². The normalized spacial score (nSPS) is 22.0. The Morgan fingerprint density at radius 2 is 2.17 bits per heavy atom. The molecule has 1 fully saturated rings. The van der Waals surface area contributed by atoms with Gasteiger partial charge in [-0.05, 0) is 37.0 Å². The van der Waals surface area contributed by atoms with E-state index < -0.39 is 10.0 Å². The van der Waals surface area contributed by atoms with E-state index in [0.717, 1.165) is 17.3 Å². The molecule has 2 N–H and O–H groups in total. The van der Waals surface area contributed by atoms with Crippen LogP contribution in [0.2, 0.25) is 0 Å². The molecule has 1 aliphatic rings. The van der Waals surface area contributed by atoms with Crippen LogP contribution in [-0.2, 0) is 10.0 Å². The first-order valence-corrected chi connectivity index (χ1v) is 8.20. The molecule has 6 heteroatoms. The second-order valence-electron chi connectivity index (χ2n) is 4.79. The summed E-state index contributed by atoms with van der Waals surface area (Å²) in [5.74, 6) is 0.408. The summed E-state index contributed by atoms with van der Waals surface area (Å²) in [7, 11) is -3.45. The van der Waals surface area contributed by atoms with Crippen molar-refractivity contribution in [3.8, 4) is 0 Å². The molecule has 1 atom stereocenters. The molecule has 0 radical (unpaired) electrons. The average molecular weight is 333 g/mol. The Kier molecular flexibility index (Phi) is 3.99. The summed E-state index contributed by atoms with van der Waals surface area (Å²) in [5.41, 5.74) is 6.11. The lowest BCUT2D eigenvalue weighted by atomic mass is 10.0. The van der Waals surface area contributed by atoms with E-state index in [1.54, 1.807) is 22.5 Å². The molecule has 4 nitrogen and oxygen atoms in total. The van der Waals surface area contributed by atoms with Crippen LogP contribution in [0.15, 0.2) is 27.6 Å². The van der Waals surface area contributed by atoms with Crippen molar-refractivity contribution in [2.75, 3.05) is 18.8 Å². The summed E-state index contributed by atoms with van der Waals surface area (Å²) in [6.45, 7) is 3.24. The van der Waals surface area contributed by atoms with Crippen LogP contribution in [0.3, 0.4) is 0 Å². The van der Waals surface area contributed by atoms with E-state index in [9.17, 15) is 8.42 Å². The van der Waals surface area contributed by atoms with Gasteiger partial charge in [-0.25, -0.2) is 8.42 Å². The molecule has 0 saturated carbocycles. The molecule has 18 heavy (non-hydrogen) atoms. The molecular weight excluding hydrogens is 316 g/mol. The Hall–Kier alpha value is -0.590. The quantitative estimate of drug-likeness (QED) is 0.846. The highest BCUT2D eigenvalue weighted by molar-refractivity contribution is 9.10. The van der Waals surface area contributed by atoms with Gasteiger partial charge in [-0.3, -0.25) is 0 Å². The smallest absolute Gasteiger partial charge is 0.245 e. The zero-order valence-electron chi connectivity index (χ0n) is 10.3. The van der Waals surface area contributed by atoms with Crippen molar-refractivity contribution < 1.29 is 8.42 Å². The van der Waals surface area contributed by atoms with Crippen molar-refractivity contribution in [3.05, 3.63) is 22.7 Å². The van der Waals surface area contributed by atoms with Crippen LogP contribution < -0.4 is 5.73 Å². The van der Waals surface area contributed by atoms with E-state index in [1.165, 1.54) is 0 Å². The standard InChI is InChI=1S/C12H17BrN2O2S/c1-9-3-2-6-15(8-9)18(16,17)12-5-4-10(13)7-11(12)14/h4-5,7,9H,2-3,6,8,14H2,1H3. The largest absolute Gasteiger partial charge is 0.398 e. The van der Waals surface area contributed by atoms with E-state index in [2.05, 4.69) is 22.9 Å². The van der Waals surface area contributed by atoms with E-state index in [1.807, 2.05) is 0 Å². The number of sulfonamides is 1. The van der Waals surface area contributed by atoms with Crippen LogP contribution in [0.5, 0.6) is 0 Å². The molecule has 1 aromatic rings. The summed E-state index contributed by atoms with van der Waals surface area (Å²) in [4.78, 5) is 0.208. The van der Waals surface area contributed by atoms with Gasteiger partial charge in [-0.2, -0.15) is 4.31 Å². The second kappa shape index (κ2) is 5.19. The van der Waals surface area contributed by atoms with Gasteiger partial charge in [-0.15, -0.1) is 0 Å². The van der Waals surface area contributed by atoms with Gasteiger partial charge in [0.2, 0.25) is 10.0 Å². The predicted octanol–water partition coefficient (Wildman–Crippen LogP) is 2.45. The number of hydrogen-bond donors (Lipinski definition) is 1. The highest BCUT2D eigenvalue weighted by Gasteiger charge is 2.29. The van der Waals surface area contributed by atoms with Crippen molar-refractivity contribution >= 4 is 31.6 Å². The number of piperidine rings is 1. The van der Waals surface area contributed by atoms with Crippen molar-refractivity contribution in [3.63, 3.8) is 0 Å². The van der Waals surface area contributed by atoms with Crippen LogP contribution in [0.25, 0.3) is 0 Å². The Labute approximate surface area is 116 Å². The molecule has 100 valence electrons. The minimum atomic E-state index is -3.45. The number of anilines is 1. The number of benzene rings is 1. The Morgan fingerprint density at radius 1 is 1.44 bits per heavy atom. The van der Waals surface area contributed by atoms with E-state index >= 15 is 0 Å². The topological polar surface area (TPSA) is 63.4 Å². The van der Waals surface area contributed by atoms with Crippen LogP contribution in [0.4, 0.5) is 5.69 Å². The number of nitrogen functional groups attached to an aromatic ring is 1. The molecule has 0 aliphatic carbocycles. The van der Waals surface area contributed by atoms with Crippen molar-refractivity contribution in [2.45, 2.75) is 24.7 Å². The molecule has 2 rings (SSSR count). The van der Waals surface area contributed by atoms with Gasteiger partial charge in [-0.1, -0.05) is 22.9 Å². The summed E-state index contributed by atoms with van der Waals surface area (Å²) < 4.78 is 27.3. The lowest BCUT2D eigenvalue weighted by Crippen LogP contribution is -2.39. The van der Waals surface area contributed by atoms with Crippen LogP contribution in [-0.4, -0.2) is 25.8 Å². The van der Waals surface area contributed by atoms with E-state index in [0.29, 0.717) is 24.7 Å². The summed E-state index contributed by atoms with van der Waals surface area (Å²) in [6.07, 6.45) is 2.00. The molecule has 1 aliphatic heterocycles. The molecule has 1 unspecified atom stereocenters. The summed E-state index contributed by atoms with van der Waals surface area (Å²) in [5, 5.41) is 0. The molecular formula is C12H17BrN2O2S. The van der Waals surface area contributed by atoms with Gasteiger partial charge in [0, 0.05) is 17.6 Å². The van der Waals surface area contributed by atoms with Gasteiger partial charge in [0.25, 0.3) is 0 Å². The van der Waals surface area contributed by atoms with Gasteiger partial charge in [0.1, 0.15) is 4.90 Å². The summed E-state index contributed by atoms with van der Waals surface area (Å²) in [6, 6.07) is 4.89. The number of nitrogens with two attached hydrogens (primary N) is 1. The molecule has 1 heterocycles. The SMILES string of the molecule is CC1CCCN(S(=O)(=O)c2ccc(Br)cc2N)C1. The predicted molar refractivity (Wildman–Crippen MR) is 75.7 cm³/mol. The lowest BCUT2D eigenvalue weighted by Gasteiger charge is -2.30. The third kappa shape index (κ3) is 2.70. The zero-order valence-corrected chi connectivity index (χ0v) is 12.7. The van der Waals surface area contributed by atoms with Crippen LogP contribution in [0, 0.1) is 5.92 Å². The van der Waals surface area contributed by atoms with Gasteiger partial charge in [0.15, 0.2) is 0 Å². The van der Waals surface area contributed by atoms with Gasteiger partial charge in [0.05, 0.1) is 5.69 Å². The van der Waals surface area contributed by atoms with Crippen molar-refractivity contribution in [1.82, 2.24) is 4.31 Å². The maximum absolute atomic E-state index is 12.5. The minimum absolute atomic E-state index is 0.208. The zero-order chi connectivity index (χ0) is 13.3. The maximum atomic E-state index is 12.5. The van der Waals surface area contributed by atoms with Crippen LogP contribution >= 0.6 is 15.9 Å². The molecule has 1 saturated heterocycles. The first-order valence-electron chi connectivity index (χ1n) is 5.96. The third-order valence-corrected chi connectivity index (χ3v) is 5.64. The molecule has 0 aromatic heterocycles. The highest BCUT2D eigenvalue weighted by Crippen LogP contribution is 2.28. The Balaban J connectivity index is 2.35. The highest BCUT2D eigenvalue weighted by atomic mass is 79.9.